The van der Waals surface area contributed by atoms with Crippen LogP contribution in [0.5, 0.6) is 0 Å². The molecule has 2 aromatic heterocycles. The number of nitrogens with zero attached hydrogens (tertiary/aromatic N) is 1. The van der Waals surface area contributed by atoms with Crippen molar-refractivity contribution in [3.8, 4) is 0 Å². The van der Waals surface area contributed by atoms with Crippen LogP contribution in [0.3, 0.4) is 0 Å². The van der Waals surface area contributed by atoms with Crippen molar-refractivity contribution in [3.05, 3.63) is 38.8 Å². The van der Waals surface area contributed by atoms with E-state index in [1.54, 1.807) is 12.1 Å². The zero-order valence-electron chi connectivity index (χ0n) is 9.48. The maximum Gasteiger partial charge on any atom is 0.236 e. The fourth-order valence-electron chi connectivity index (χ4n) is 1.96. The van der Waals surface area contributed by atoms with Crippen LogP contribution >= 0.6 is 12.2 Å². The molecule has 0 saturated heterocycles. The van der Waals surface area contributed by atoms with Gasteiger partial charge in [-0.05, 0) is 30.8 Å². The van der Waals surface area contributed by atoms with Gasteiger partial charge < -0.3 is 15.1 Å². The van der Waals surface area contributed by atoms with Crippen LogP contribution in [0.25, 0.3) is 22.1 Å². The van der Waals surface area contributed by atoms with Crippen LogP contribution in [-0.2, 0) is 0 Å². The number of H-pyrrole nitrogens is 1. The van der Waals surface area contributed by atoms with Crippen LogP contribution in [0.1, 0.15) is 5.56 Å². The molecule has 0 aliphatic heterocycles. The van der Waals surface area contributed by atoms with Crippen molar-refractivity contribution in [1.29, 1.82) is 0 Å². The van der Waals surface area contributed by atoms with E-state index < -0.39 is 0 Å². The Bertz CT molecular complexity index is 895. The first-order valence-corrected chi connectivity index (χ1v) is 5.70. The molecule has 0 aliphatic carbocycles. The van der Waals surface area contributed by atoms with Gasteiger partial charge in [-0.2, -0.15) is 4.98 Å². The summed E-state index contributed by atoms with van der Waals surface area (Å²) in [4.78, 5) is 19.0. The quantitative estimate of drug-likeness (QED) is 0.478. The molecule has 0 unspecified atom stereocenters. The number of nitrogen functional groups attached to an aromatic ring is 1. The number of hydrogen-bond donors (Lipinski definition) is 2. The normalized spacial score (nSPS) is 11.2. The minimum absolute atomic E-state index is 0.169. The molecule has 1 aromatic carbocycles. The average Bonchev–Trinajstić information content (AvgIpc) is 2.30. The minimum atomic E-state index is -0.203. The van der Waals surface area contributed by atoms with Crippen molar-refractivity contribution in [3.63, 3.8) is 0 Å². The van der Waals surface area contributed by atoms with Gasteiger partial charge in [0.15, 0.2) is 0 Å². The van der Waals surface area contributed by atoms with Crippen molar-refractivity contribution < 1.29 is 4.42 Å². The summed E-state index contributed by atoms with van der Waals surface area (Å²) < 4.78 is 5.83. The van der Waals surface area contributed by atoms with Gasteiger partial charge in [0.1, 0.15) is 16.8 Å². The van der Waals surface area contributed by atoms with Crippen LogP contribution in [0, 0.1) is 11.7 Å². The lowest BCUT2D eigenvalue weighted by molar-refractivity contribution is 0.640. The molecule has 18 heavy (non-hydrogen) atoms. The van der Waals surface area contributed by atoms with E-state index in [2.05, 4.69) is 9.97 Å². The molecule has 0 fully saturated rings. The Labute approximate surface area is 106 Å². The Hall–Kier alpha value is -2.21. The fourth-order valence-corrected chi connectivity index (χ4v) is 2.15. The van der Waals surface area contributed by atoms with Gasteiger partial charge in [-0.25, -0.2) is 0 Å². The summed E-state index contributed by atoms with van der Waals surface area (Å²) in [6.07, 6.45) is 0. The Morgan fingerprint density at radius 1 is 1.44 bits per heavy atom. The molecule has 5 nitrogen and oxygen atoms in total. The molecule has 0 amide bonds. The van der Waals surface area contributed by atoms with Gasteiger partial charge in [-0.3, -0.25) is 4.79 Å². The van der Waals surface area contributed by atoms with Gasteiger partial charge in [0.05, 0.1) is 5.39 Å². The third-order valence-electron chi connectivity index (χ3n) is 2.81. The topological polar surface area (TPSA) is 84.9 Å². The van der Waals surface area contributed by atoms with Gasteiger partial charge in [0.25, 0.3) is 0 Å². The molecule has 3 aromatic rings. The summed E-state index contributed by atoms with van der Waals surface area (Å²) >= 11 is 4.92. The second-order valence-corrected chi connectivity index (χ2v) is 4.41. The van der Waals surface area contributed by atoms with Crippen LogP contribution in [0.15, 0.2) is 27.4 Å². The van der Waals surface area contributed by atoms with Crippen LogP contribution < -0.4 is 11.2 Å². The van der Waals surface area contributed by atoms with Crippen LogP contribution in [-0.4, -0.2) is 9.97 Å². The summed E-state index contributed by atoms with van der Waals surface area (Å²) in [5, 5.41) is 0.725. The Morgan fingerprint density at radius 2 is 2.22 bits per heavy atom. The predicted molar refractivity (Wildman–Crippen MR) is 72.1 cm³/mol. The van der Waals surface area contributed by atoms with E-state index in [-0.39, 0.29) is 27.1 Å². The predicted octanol–water partition coefficient (Wildman–Crippen LogP) is 2.29. The number of nitrogens with two attached hydrogens (primary N) is 1. The summed E-state index contributed by atoms with van der Waals surface area (Å²) in [5.74, 6) is 0.183. The molecule has 6 heteroatoms. The molecule has 0 atom stereocenters. The molecule has 3 rings (SSSR count). The van der Waals surface area contributed by atoms with Gasteiger partial charge >= 0.3 is 0 Å². The third-order valence-corrected chi connectivity index (χ3v) is 3.00. The highest BCUT2D eigenvalue weighted by molar-refractivity contribution is 7.71. The number of fused-ring (bicyclic) bond motifs is 2. The lowest BCUT2D eigenvalue weighted by atomic mass is 10.1. The first-order chi connectivity index (χ1) is 8.58. The summed E-state index contributed by atoms with van der Waals surface area (Å²) in [6.45, 7) is 1.87. The molecule has 0 aliphatic rings. The molecule has 2 heterocycles. The Balaban J connectivity index is 2.70. The van der Waals surface area contributed by atoms with E-state index in [1.807, 2.05) is 13.0 Å². The van der Waals surface area contributed by atoms with Gasteiger partial charge in [-0.1, -0.05) is 12.1 Å². The van der Waals surface area contributed by atoms with Crippen molar-refractivity contribution >= 4 is 40.1 Å². The zero-order valence-corrected chi connectivity index (χ0v) is 10.3. The van der Waals surface area contributed by atoms with Gasteiger partial charge in [0.2, 0.25) is 15.9 Å². The van der Waals surface area contributed by atoms with E-state index in [0.717, 1.165) is 5.56 Å². The smallest absolute Gasteiger partial charge is 0.236 e. The van der Waals surface area contributed by atoms with Crippen molar-refractivity contribution in [1.82, 2.24) is 9.97 Å². The average molecular weight is 259 g/mol. The number of anilines is 1. The molecular formula is C12H9N3O2S. The van der Waals surface area contributed by atoms with Crippen molar-refractivity contribution in [2.24, 2.45) is 0 Å². The lowest BCUT2D eigenvalue weighted by Crippen LogP contribution is -2.08. The monoisotopic (exact) mass is 259 g/mol. The van der Waals surface area contributed by atoms with Crippen molar-refractivity contribution in [2.45, 2.75) is 6.92 Å². The van der Waals surface area contributed by atoms with E-state index in [0.29, 0.717) is 11.0 Å². The summed E-state index contributed by atoms with van der Waals surface area (Å²) in [6, 6.07) is 5.37. The molecule has 0 spiro atoms. The SMILES string of the molecule is Cc1cccc2c(=O)c3c(N)[nH]c(=S)nc3oc12. The van der Waals surface area contributed by atoms with Crippen molar-refractivity contribution in [2.75, 3.05) is 5.73 Å². The van der Waals surface area contributed by atoms with E-state index >= 15 is 0 Å². The highest BCUT2D eigenvalue weighted by Gasteiger charge is 2.12. The summed E-state index contributed by atoms with van der Waals surface area (Å²) in [5.41, 5.74) is 7.11. The molecule has 90 valence electrons. The Morgan fingerprint density at radius 3 is 3.00 bits per heavy atom. The minimum Gasteiger partial charge on any atom is -0.437 e. The summed E-state index contributed by atoms with van der Waals surface area (Å²) in [7, 11) is 0. The number of benzene rings is 1. The lowest BCUT2D eigenvalue weighted by Gasteiger charge is -2.04. The molecule has 0 saturated carbocycles. The largest absolute Gasteiger partial charge is 0.437 e. The number of aromatic amines is 1. The molecule has 0 radical (unpaired) electrons. The molecule has 3 N–H and O–H groups in total. The first-order valence-electron chi connectivity index (χ1n) is 5.30. The van der Waals surface area contributed by atoms with E-state index in [9.17, 15) is 4.79 Å². The molecule has 0 bridgehead atoms. The van der Waals surface area contributed by atoms with Gasteiger partial charge in [0, 0.05) is 0 Å². The number of rotatable bonds is 0. The van der Waals surface area contributed by atoms with E-state index in [1.165, 1.54) is 0 Å². The maximum absolute atomic E-state index is 12.3. The fraction of sp³-hybridized carbons (Fsp3) is 0.0833. The number of aryl methyl sites for hydroxylation is 1. The van der Waals surface area contributed by atoms with Crippen LogP contribution in [0.4, 0.5) is 5.82 Å². The Kier molecular flexibility index (Phi) is 2.21. The number of para-hydroxylation sites is 1. The van der Waals surface area contributed by atoms with Crippen LogP contribution in [0.2, 0.25) is 0 Å². The number of aromatic nitrogens is 2. The van der Waals surface area contributed by atoms with Gasteiger partial charge in [-0.15, -0.1) is 0 Å². The maximum atomic E-state index is 12.3. The number of hydrogen-bond acceptors (Lipinski definition) is 5. The number of nitrogens with one attached hydrogen (secondary N) is 1. The van der Waals surface area contributed by atoms with E-state index in [4.69, 9.17) is 22.4 Å². The molecular weight excluding hydrogens is 250 g/mol. The third kappa shape index (κ3) is 1.42. The second kappa shape index (κ2) is 3.64. The highest BCUT2D eigenvalue weighted by atomic mass is 32.1. The highest BCUT2D eigenvalue weighted by Crippen LogP contribution is 2.21. The second-order valence-electron chi connectivity index (χ2n) is 4.02. The zero-order chi connectivity index (χ0) is 12.9. The standard InChI is InChI=1S/C12H9N3O2S/c1-5-3-2-4-6-8(16)7-10(13)14-12(18)15-11(7)17-9(5)6/h2-4H,1H3,(H3,13,14,15,18). The first kappa shape index (κ1) is 10.9.